The van der Waals surface area contributed by atoms with Crippen LogP contribution in [0.5, 0.6) is 0 Å². The van der Waals surface area contributed by atoms with Gasteiger partial charge in [-0.2, -0.15) is 5.10 Å². The molecule has 168 valence electrons. The normalized spacial score (nSPS) is 11.6. The van der Waals surface area contributed by atoms with Gasteiger partial charge in [0.1, 0.15) is 0 Å². The molecule has 2 aromatic carbocycles. The van der Waals surface area contributed by atoms with E-state index in [4.69, 9.17) is 4.74 Å². The Morgan fingerprint density at radius 3 is 2.19 bits per heavy atom. The lowest BCUT2D eigenvalue weighted by atomic mass is 10.0. The van der Waals surface area contributed by atoms with E-state index in [0.29, 0.717) is 17.3 Å². The van der Waals surface area contributed by atoms with Crippen LogP contribution in [-0.4, -0.2) is 38.7 Å². The lowest BCUT2D eigenvalue weighted by molar-refractivity contribution is -0.140. The zero-order valence-electron chi connectivity index (χ0n) is 19.2. The Bertz CT molecular complexity index is 1180. The van der Waals surface area contributed by atoms with Crippen LogP contribution >= 0.6 is 0 Å². The first kappa shape index (κ1) is 23.2. The van der Waals surface area contributed by atoms with Gasteiger partial charge in [0.2, 0.25) is 0 Å². The molecule has 7 nitrogen and oxygen atoms in total. The first-order valence-corrected chi connectivity index (χ1v) is 10.6. The fourth-order valence-corrected chi connectivity index (χ4v) is 3.45. The summed E-state index contributed by atoms with van der Waals surface area (Å²) in [6.07, 6.45) is 0. The van der Waals surface area contributed by atoms with Crippen LogP contribution < -0.4 is 5.56 Å². The van der Waals surface area contributed by atoms with Crippen LogP contribution in [0.4, 0.5) is 0 Å². The number of hydrogen-bond acceptors (Lipinski definition) is 5. The Balaban J connectivity index is 1.84. The maximum atomic E-state index is 13.0. The molecule has 3 aromatic rings. The van der Waals surface area contributed by atoms with Gasteiger partial charge in [-0.05, 0) is 46.2 Å². The van der Waals surface area contributed by atoms with Crippen molar-refractivity contribution in [1.82, 2.24) is 14.7 Å². The van der Waals surface area contributed by atoms with E-state index >= 15 is 0 Å². The SMILES string of the molecule is CC(C)n1nc(C(=O)OCC(=O)N(Cc2ccccc2)C(C)(C)C)c2ccccc2c1=O. The van der Waals surface area contributed by atoms with Crippen molar-refractivity contribution in [3.63, 3.8) is 0 Å². The highest BCUT2D eigenvalue weighted by Gasteiger charge is 2.28. The number of benzene rings is 2. The molecule has 3 rings (SSSR count). The van der Waals surface area contributed by atoms with Crippen molar-refractivity contribution in [2.24, 2.45) is 0 Å². The van der Waals surface area contributed by atoms with Gasteiger partial charge in [-0.3, -0.25) is 9.59 Å². The summed E-state index contributed by atoms with van der Waals surface area (Å²) in [5.74, 6) is -1.05. The maximum Gasteiger partial charge on any atom is 0.359 e. The molecule has 0 aliphatic rings. The predicted octanol–water partition coefficient (Wildman–Crippen LogP) is 3.96. The number of fused-ring (bicyclic) bond motifs is 1. The Morgan fingerprint density at radius 1 is 1.00 bits per heavy atom. The zero-order chi connectivity index (χ0) is 23.5. The van der Waals surface area contributed by atoms with Gasteiger partial charge in [0.05, 0.1) is 11.4 Å². The van der Waals surface area contributed by atoms with Crippen LogP contribution in [0.2, 0.25) is 0 Å². The summed E-state index contributed by atoms with van der Waals surface area (Å²) >= 11 is 0. The first-order valence-electron chi connectivity index (χ1n) is 10.6. The maximum absolute atomic E-state index is 13.0. The van der Waals surface area contributed by atoms with Crippen molar-refractivity contribution in [2.45, 2.75) is 52.7 Å². The molecule has 32 heavy (non-hydrogen) atoms. The number of nitrogens with zero attached hydrogens (tertiary/aromatic N) is 3. The summed E-state index contributed by atoms with van der Waals surface area (Å²) in [4.78, 5) is 40.3. The number of carbonyl (C=O) groups excluding carboxylic acids is 2. The third kappa shape index (κ3) is 5.04. The van der Waals surface area contributed by atoms with Crippen LogP contribution in [0.15, 0.2) is 59.4 Å². The largest absolute Gasteiger partial charge is 0.451 e. The molecule has 0 spiro atoms. The molecular weight excluding hydrogens is 406 g/mol. The van der Waals surface area contributed by atoms with Gasteiger partial charge in [0.15, 0.2) is 12.3 Å². The molecule has 0 aliphatic heterocycles. The summed E-state index contributed by atoms with van der Waals surface area (Å²) < 4.78 is 6.64. The molecule has 0 bridgehead atoms. The first-order chi connectivity index (χ1) is 15.1. The summed E-state index contributed by atoms with van der Waals surface area (Å²) in [6, 6.07) is 16.2. The van der Waals surface area contributed by atoms with Crippen molar-refractivity contribution >= 4 is 22.6 Å². The van der Waals surface area contributed by atoms with Crippen molar-refractivity contribution in [3.8, 4) is 0 Å². The second-order valence-electron chi connectivity index (χ2n) is 8.95. The summed E-state index contributed by atoms with van der Waals surface area (Å²) in [5, 5.41) is 5.03. The van der Waals surface area contributed by atoms with E-state index in [1.54, 1.807) is 29.2 Å². The van der Waals surface area contributed by atoms with Crippen molar-refractivity contribution in [2.75, 3.05) is 6.61 Å². The van der Waals surface area contributed by atoms with Gasteiger partial charge >= 0.3 is 5.97 Å². The quantitative estimate of drug-likeness (QED) is 0.548. The van der Waals surface area contributed by atoms with Crippen molar-refractivity contribution in [3.05, 3.63) is 76.2 Å². The lowest BCUT2D eigenvalue weighted by Crippen LogP contribution is -2.46. The van der Waals surface area contributed by atoms with Crippen LogP contribution in [0.1, 0.15) is 56.7 Å². The third-order valence-corrected chi connectivity index (χ3v) is 5.13. The van der Waals surface area contributed by atoms with Gasteiger partial charge in [0.25, 0.3) is 11.5 Å². The number of hydrogen-bond donors (Lipinski definition) is 0. The van der Waals surface area contributed by atoms with Gasteiger partial charge in [-0.1, -0.05) is 48.5 Å². The topological polar surface area (TPSA) is 81.5 Å². The molecule has 7 heteroatoms. The van der Waals surface area contributed by atoms with E-state index in [0.717, 1.165) is 5.56 Å². The fraction of sp³-hybridized carbons (Fsp3) is 0.360. The van der Waals surface area contributed by atoms with E-state index in [1.807, 2.05) is 65.0 Å². The molecule has 1 aromatic heterocycles. The molecule has 0 saturated carbocycles. The number of aromatic nitrogens is 2. The average Bonchev–Trinajstić information content (AvgIpc) is 2.75. The number of carbonyl (C=O) groups is 2. The number of amides is 1. The van der Waals surface area contributed by atoms with Crippen LogP contribution in [-0.2, 0) is 16.1 Å². The zero-order valence-corrected chi connectivity index (χ0v) is 19.2. The molecule has 1 heterocycles. The molecule has 0 unspecified atom stereocenters. The minimum Gasteiger partial charge on any atom is -0.451 e. The predicted molar refractivity (Wildman–Crippen MR) is 123 cm³/mol. The van der Waals surface area contributed by atoms with Gasteiger partial charge in [0, 0.05) is 17.5 Å². The van der Waals surface area contributed by atoms with E-state index in [-0.39, 0.29) is 23.2 Å². The highest BCUT2D eigenvalue weighted by Crippen LogP contribution is 2.19. The highest BCUT2D eigenvalue weighted by atomic mass is 16.5. The molecule has 0 N–H and O–H groups in total. The minimum atomic E-state index is -0.738. The van der Waals surface area contributed by atoms with E-state index in [2.05, 4.69) is 5.10 Å². The van der Waals surface area contributed by atoms with Crippen LogP contribution in [0.25, 0.3) is 10.8 Å². The van der Waals surface area contributed by atoms with Crippen molar-refractivity contribution in [1.29, 1.82) is 0 Å². The standard InChI is InChI=1S/C25H29N3O4/c1-17(2)28-23(30)20-14-10-9-13-19(20)22(26-28)24(31)32-16-21(29)27(25(3,4)5)15-18-11-7-6-8-12-18/h6-14,17H,15-16H2,1-5H3. The third-order valence-electron chi connectivity index (χ3n) is 5.13. The highest BCUT2D eigenvalue weighted by molar-refractivity contribution is 6.02. The monoisotopic (exact) mass is 435 g/mol. The molecular formula is C25H29N3O4. The molecule has 0 aliphatic carbocycles. The summed E-state index contributed by atoms with van der Waals surface area (Å²) in [6.45, 7) is 9.41. The Kier molecular flexibility index (Phi) is 6.77. The number of rotatable bonds is 6. The van der Waals surface area contributed by atoms with Gasteiger partial charge in [-0.15, -0.1) is 0 Å². The summed E-state index contributed by atoms with van der Waals surface area (Å²) in [7, 11) is 0. The van der Waals surface area contributed by atoms with Gasteiger partial charge < -0.3 is 9.64 Å². The molecule has 0 radical (unpaired) electrons. The second-order valence-corrected chi connectivity index (χ2v) is 8.95. The number of ether oxygens (including phenoxy) is 1. The summed E-state index contributed by atoms with van der Waals surface area (Å²) in [5.41, 5.74) is 0.269. The fourth-order valence-electron chi connectivity index (χ4n) is 3.45. The molecule has 1 amide bonds. The minimum absolute atomic E-state index is 0.0204. The smallest absolute Gasteiger partial charge is 0.359 e. The molecule has 0 atom stereocenters. The van der Waals surface area contributed by atoms with Crippen molar-refractivity contribution < 1.29 is 14.3 Å². The Morgan fingerprint density at radius 2 is 1.59 bits per heavy atom. The van der Waals surface area contributed by atoms with E-state index in [9.17, 15) is 14.4 Å². The number of esters is 1. The van der Waals surface area contributed by atoms with E-state index in [1.165, 1.54) is 4.68 Å². The Hall–Kier alpha value is -3.48. The van der Waals surface area contributed by atoms with Crippen LogP contribution in [0, 0.1) is 0 Å². The van der Waals surface area contributed by atoms with E-state index < -0.39 is 18.1 Å². The Labute approximate surface area is 187 Å². The van der Waals surface area contributed by atoms with Crippen LogP contribution in [0.3, 0.4) is 0 Å². The average molecular weight is 436 g/mol. The second kappa shape index (κ2) is 9.34. The molecule has 0 fully saturated rings. The lowest BCUT2D eigenvalue weighted by Gasteiger charge is -2.35. The molecule has 0 saturated heterocycles. The van der Waals surface area contributed by atoms with Gasteiger partial charge in [-0.25, -0.2) is 9.48 Å².